The highest BCUT2D eigenvalue weighted by Gasteiger charge is 2.41. The second-order valence-electron chi connectivity index (χ2n) is 10.5. The fraction of sp³-hybridized carbons (Fsp3) is 0.310. The number of amides is 2. The lowest BCUT2D eigenvalue weighted by atomic mass is 9.93. The van der Waals surface area contributed by atoms with Gasteiger partial charge in [-0.1, -0.05) is 72.9 Å². The number of nitrogens with zero attached hydrogens (tertiary/aromatic N) is 2. The average Bonchev–Trinajstić information content (AvgIpc) is 2.86. The van der Waals surface area contributed by atoms with Crippen LogP contribution >= 0.6 is 34.8 Å². The topological polar surface area (TPSA) is 113 Å². The van der Waals surface area contributed by atoms with Crippen molar-refractivity contribution >= 4 is 62.3 Å². The first kappa shape index (κ1) is 31.1. The number of anilines is 1. The molecule has 1 atom stereocenters. The smallest absolute Gasteiger partial charge is 0.252 e. The summed E-state index contributed by atoms with van der Waals surface area (Å²) in [7, 11) is -3.77. The van der Waals surface area contributed by atoms with Crippen LogP contribution in [0.4, 0.5) is 5.69 Å². The normalized spacial score (nSPS) is 15.0. The molecular formula is C29H31Cl3N4O4S. The molecule has 1 fully saturated rings. The summed E-state index contributed by atoms with van der Waals surface area (Å²) >= 11 is 18.6. The summed E-state index contributed by atoms with van der Waals surface area (Å²) < 4.78 is 27.5. The van der Waals surface area contributed by atoms with Gasteiger partial charge in [0.25, 0.3) is 5.91 Å². The predicted molar refractivity (Wildman–Crippen MR) is 164 cm³/mol. The molecule has 218 valence electrons. The number of nitrogens with one attached hydrogen (secondary N) is 1. The SMILES string of the molecule is CC(C)[C@H](NC(=O)c1cc(Cl)cc(N(C2CN(C(c3ccc(Cl)cc3)c3ccc(Cl)cc3)C2)S(C)(=O)=O)c1)C(N)=O. The van der Waals surface area contributed by atoms with Crippen molar-refractivity contribution in [2.45, 2.75) is 32.0 Å². The lowest BCUT2D eigenvalue weighted by Gasteiger charge is -2.48. The maximum Gasteiger partial charge on any atom is 0.252 e. The highest BCUT2D eigenvalue weighted by atomic mass is 35.5. The van der Waals surface area contributed by atoms with E-state index in [2.05, 4.69) is 10.2 Å². The van der Waals surface area contributed by atoms with Gasteiger partial charge < -0.3 is 11.1 Å². The Kier molecular flexibility index (Phi) is 9.56. The molecule has 2 amide bonds. The molecule has 0 radical (unpaired) electrons. The zero-order valence-corrected chi connectivity index (χ0v) is 25.8. The molecule has 0 unspecified atom stereocenters. The lowest BCUT2D eigenvalue weighted by Crippen LogP contribution is -2.61. The largest absolute Gasteiger partial charge is 0.368 e. The molecule has 41 heavy (non-hydrogen) atoms. The number of halogens is 3. The summed E-state index contributed by atoms with van der Waals surface area (Å²) in [6.45, 7) is 4.34. The maximum absolute atomic E-state index is 13.1. The van der Waals surface area contributed by atoms with Gasteiger partial charge in [-0.3, -0.25) is 18.8 Å². The summed E-state index contributed by atoms with van der Waals surface area (Å²) in [5.41, 5.74) is 7.81. The van der Waals surface area contributed by atoms with Crippen LogP contribution in [0, 0.1) is 5.92 Å². The van der Waals surface area contributed by atoms with E-state index in [1.165, 1.54) is 22.5 Å². The third-order valence-corrected chi connectivity index (χ3v) is 8.92. The van der Waals surface area contributed by atoms with Gasteiger partial charge in [-0.15, -0.1) is 0 Å². The van der Waals surface area contributed by atoms with Crippen LogP contribution in [0.2, 0.25) is 15.1 Å². The van der Waals surface area contributed by atoms with E-state index in [4.69, 9.17) is 40.5 Å². The standard InChI is InChI=1S/C29H31Cl3N4O4S/c1-17(2)26(28(33)37)34-29(38)20-12-23(32)14-24(13-20)36(41(3,39)40)25-15-35(16-25)27(18-4-8-21(30)9-5-18)19-6-10-22(31)11-7-19/h4-14,17,25-27H,15-16H2,1-3H3,(H2,33,37)(H,34,38)/t26-/m0/s1. The molecule has 0 bridgehead atoms. The number of likely N-dealkylation sites (tertiary alicyclic amines) is 1. The number of primary amides is 1. The van der Waals surface area contributed by atoms with Crippen molar-refractivity contribution in [3.05, 3.63) is 98.5 Å². The average molecular weight is 638 g/mol. The summed E-state index contributed by atoms with van der Waals surface area (Å²) in [4.78, 5) is 27.0. The highest BCUT2D eigenvalue weighted by Crippen LogP contribution is 2.37. The Balaban J connectivity index is 1.63. The number of carbonyl (C=O) groups excluding carboxylic acids is 2. The van der Waals surface area contributed by atoms with Gasteiger partial charge in [0, 0.05) is 33.7 Å². The third-order valence-electron chi connectivity index (χ3n) is 6.98. The Labute approximate surface area is 255 Å². The van der Waals surface area contributed by atoms with Gasteiger partial charge in [-0.25, -0.2) is 8.42 Å². The summed E-state index contributed by atoms with van der Waals surface area (Å²) in [6, 6.07) is 18.0. The van der Waals surface area contributed by atoms with Crippen molar-refractivity contribution in [1.29, 1.82) is 0 Å². The number of nitrogens with two attached hydrogens (primary N) is 1. The molecule has 1 aliphatic heterocycles. The second-order valence-corrected chi connectivity index (χ2v) is 13.6. The van der Waals surface area contributed by atoms with Gasteiger partial charge >= 0.3 is 0 Å². The van der Waals surface area contributed by atoms with E-state index in [0.29, 0.717) is 23.1 Å². The van der Waals surface area contributed by atoms with Crippen LogP contribution in [-0.4, -0.2) is 56.6 Å². The van der Waals surface area contributed by atoms with Gasteiger partial charge in [0.05, 0.1) is 24.0 Å². The van der Waals surface area contributed by atoms with Crippen molar-refractivity contribution in [1.82, 2.24) is 10.2 Å². The molecular weight excluding hydrogens is 607 g/mol. The summed E-state index contributed by atoms with van der Waals surface area (Å²) in [5, 5.41) is 4.03. The molecule has 1 heterocycles. The fourth-order valence-electron chi connectivity index (χ4n) is 5.05. The van der Waals surface area contributed by atoms with Crippen LogP contribution in [0.3, 0.4) is 0 Å². The Morgan fingerprint density at radius 3 is 1.85 bits per heavy atom. The van der Waals surface area contributed by atoms with Crippen molar-refractivity contribution in [3.8, 4) is 0 Å². The van der Waals surface area contributed by atoms with Crippen LogP contribution < -0.4 is 15.4 Å². The van der Waals surface area contributed by atoms with Crippen molar-refractivity contribution in [3.63, 3.8) is 0 Å². The molecule has 0 aromatic heterocycles. The first-order chi connectivity index (χ1) is 19.2. The van der Waals surface area contributed by atoms with E-state index in [-0.39, 0.29) is 28.2 Å². The number of rotatable bonds is 10. The minimum Gasteiger partial charge on any atom is -0.368 e. The van der Waals surface area contributed by atoms with E-state index in [1.54, 1.807) is 13.8 Å². The van der Waals surface area contributed by atoms with Crippen LogP contribution in [0.1, 0.15) is 41.4 Å². The first-order valence-corrected chi connectivity index (χ1v) is 15.9. The zero-order valence-electron chi connectivity index (χ0n) is 22.7. The van der Waals surface area contributed by atoms with Crippen LogP contribution in [-0.2, 0) is 14.8 Å². The van der Waals surface area contributed by atoms with E-state index in [0.717, 1.165) is 17.4 Å². The van der Waals surface area contributed by atoms with E-state index in [1.807, 2.05) is 48.5 Å². The molecule has 1 saturated heterocycles. The molecule has 0 spiro atoms. The molecule has 0 saturated carbocycles. The van der Waals surface area contributed by atoms with Gasteiger partial charge in [-0.05, 0) is 59.5 Å². The van der Waals surface area contributed by atoms with Crippen LogP contribution in [0.5, 0.6) is 0 Å². The Hall–Kier alpha value is -2.82. The molecule has 4 rings (SSSR count). The molecule has 3 N–H and O–H groups in total. The van der Waals surface area contributed by atoms with Gasteiger partial charge in [0.2, 0.25) is 15.9 Å². The molecule has 0 aliphatic carbocycles. The van der Waals surface area contributed by atoms with E-state index in [9.17, 15) is 18.0 Å². The minimum atomic E-state index is -3.77. The highest BCUT2D eigenvalue weighted by molar-refractivity contribution is 7.92. The van der Waals surface area contributed by atoms with Gasteiger partial charge in [0.1, 0.15) is 6.04 Å². The van der Waals surface area contributed by atoms with Crippen molar-refractivity contribution < 1.29 is 18.0 Å². The second kappa shape index (κ2) is 12.6. The molecule has 8 nitrogen and oxygen atoms in total. The van der Waals surface area contributed by atoms with Crippen molar-refractivity contribution in [2.24, 2.45) is 11.7 Å². The Bertz CT molecular complexity index is 1480. The molecule has 12 heteroatoms. The Morgan fingerprint density at radius 2 is 1.41 bits per heavy atom. The Morgan fingerprint density at radius 1 is 0.902 bits per heavy atom. The number of sulfonamides is 1. The van der Waals surface area contributed by atoms with E-state index < -0.39 is 33.9 Å². The molecule has 3 aromatic rings. The minimum absolute atomic E-state index is 0.115. The zero-order chi connectivity index (χ0) is 30.1. The quantitative estimate of drug-likeness (QED) is 0.320. The maximum atomic E-state index is 13.1. The van der Waals surface area contributed by atoms with Gasteiger partial charge in [-0.2, -0.15) is 0 Å². The van der Waals surface area contributed by atoms with Crippen LogP contribution in [0.25, 0.3) is 0 Å². The summed E-state index contributed by atoms with van der Waals surface area (Å²) in [6.07, 6.45) is 1.12. The third kappa shape index (κ3) is 7.34. The van der Waals surface area contributed by atoms with Gasteiger partial charge in [0.15, 0.2) is 0 Å². The molecule has 1 aliphatic rings. The number of hydrogen-bond acceptors (Lipinski definition) is 5. The predicted octanol–water partition coefficient (Wildman–Crippen LogP) is 5.13. The fourth-order valence-corrected chi connectivity index (χ4v) is 6.69. The number of benzene rings is 3. The number of carbonyl (C=O) groups is 2. The molecule has 3 aromatic carbocycles. The van der Waals surface area contributed by atoms with E-state index >= 15 is 0 Å². The number of hydrogen-bond donors (Lipinski definition) is 2. The van der Waals surface area contributed by atoms with Crippen LogP contribution in [0.15, 0.2) is 66.7 Å². The summed E-state index contributed by atoms with van der Waals surface area (Å²) in [5.74, 6) is -1.49. The lowest BCUT2D eigenvalue weighted by molar-refractivity contribution is -0.120. The monoisotopic (exact) mass is 636 g/mol. The van der Waals surface area contributed by atoms with Crippen molar-refractivity contribution in [2.75, 3.05) is 23.7 Å². The first-order valence-electron chi connectivity index (χ1n) is 12.9.